The van der Waals surface area contributed by atoms with Gasteiger partial charge < -0.3 is 25.3 Å². The number of benzene rings is 2. The maximum absolute atomic E-state index is 12.2. The number of esters is 2. The number of hydrogen-bond donors (Lipinski definition) is 3. The molecule has 0 bridgehead atoms. The zero-order valence-corrected chi connectivity index (χ0v) is 18.5. The van der Waals surface area contributed by atoms with E-state index in [0.29, 0.717) is 17.7 Å². The molecule has 1 heterocycles. The fraction of sp³-hybridized carbons (Fsp3) is 0.333. The van der Waals surface area contributed by atoms with Crippen LogP contribution in [0.2, 0.25) is 0 Å². The minimum absolute atomic E-state index is 0.0278. The average Bonchev–Trinajstić information content (AvgIpc) is 3.11. The van der Waals surface area contributed by atoms with E-state index in [4.69, 9.17) is 25.4 Å². The van der Waals surface area contributed by atoms with Crippen LogP contribution in [0.1, 0.15) is 32.3 Å². The van der Waals surface area contributed by atoms with Gasteiger partial charge in [0.05, 0.1) is 18.4 Å². The molecule has 9 nitrogen and oxygen atoms in total. The van der Waals surface area contributed by atoms with Crippen LogP contribution in [-0.2, 0) is 23.9 Å². The topological polar surface area (TPSA) is 141 Å². The number of nitrogens with two attached hydrogens (primary N) is 1. The Morgan fingerprint density at radius 1 is 1.09 bits per heavy atom. The predicted molar refractivity (Wildman–Crippen MR) is 120 cm³/mol. The van der Waals surface area contributed by atoms with Gasteiger partial charge in [-0.2, -0.15) is 0 Å². The van der Waals surface area contributed by atoms with E-state index in [2.05, 4.69) is 5.32 Å². The van der Waals surface area contributed by atoms with Gasteiger partial charge in [-0.3, -0.25) is 19.8 Å². The Labute approximate surface area is 191 Å². The van der Waals surface area contributed by atoms with Gasteiger partial charge in [0.15, 0.2) is 0 Å². The van der Waals surface area contributed by atoms with E-state index in [0.717, 1.165) is 11.1 Å². The van der Waals surface area contributed by atoms with Crippen molar-refractivity contribution in [2.75, 3.05) is 6.61 Å². The first-order valence-electron chi connectivity index (χ1n) is 10.6. The number of nitrogens with one attached hydrogen (secondary N) is 2. The van der Waals surface area contributed by atoms with Crippen LogP contribution in [0.25, 0.3) is 11.1 Å². The maximum Gasteiger partial charge on any atom is 0.309 e. The molecule has 3 rings (SSSR count). The van der Waals surface area contributed by atoms with Gasteiger partial charge in [0.1, 0.15) is 18.2 Å². The fourth-order valence-electron chi connectivity index (χ4n) is 3.59. The minimum Gasteiger partial charge on any atom is -0.491 e. The molecule has 4 N–H and O–H groups in total. The van der Waals surface area contributed by atoms with E-state index in [1.54, 1.807) is 12.1 Å². The van der Waals surface area contributed by atoms with Gasteiger partial charge in [0.2, 0.25) is 12.2 Å². The number of rotatable bonds is 9. The lowest BCUT2D eigenvalue weighted by Gasteiger charge is -2.14. The average molecular weight is 453 g/mol. The summed E-state index contributed by atoms with van der Waals surface area (Å²) >= 11 is 0. The molecule has 0 radical (unpaired) electrons. The number of amidine groups is 1. The molecule has 0 saturated carbocycles. The van der Waals surface area contributed by atoms with Crippen molar-refractivity contribution < 1.29 is 28.6 Å². The van der Waals surface area contributed by atoms with Crippen molar-refractivity contribution in [1.29, 1.82) is 5.41 Å². The maximum atomic E-state index is 12.2. The number of carbonyl (C=O) groups excluding carboxylic acids is 3. The second-order valence-electron chi connectivity index (χ2n) is 7.84. The van der Waals surface area contributed by atoms with E-state index in [1.165, 1.54) is 13.8 Å². The third-order valence-electron chi connectivity index (χ3n) is 5.16. The molecule has 9 heteroatoms. The summed E-state index contributed by atoms with van der Waals surface area (Å²) in [5, 5.41) is 10.3. The molecule has 2 aromatic rings. The monoisotopic (exact) mass is 453 g/mol. The normalized spacial score (nSPS) is 18.2. The summed E-state index contributed by atoms with van der Waals surface area (Å²) in [4.78, 5) is 35.1. The molecule has 1 aliphatic heterocycles. The number of carbonyl (C=O) groups is 3. The van der Waals surface area contributed by atoms with Crippen molar-refractivity contribution in [3.63, 3.8) is 0 Å². The van der Waals surface area contributed by atoms with Gasteiger partial charge >= 0.3 is 11.9 Å². The summed E-state index contributed by atoms with van der Waals surface area (Å²) < 4.78 is 15.6. The minimum atomic E-state index is -0.992. The molecule has 3 atom stereocenters. The zero-order valence-electron chi connectivity index (χ0n) is 18.5. The third-order valence-corrected chi connectivity index (χ3v) is 5.16. The fourth-order valence-corrected chi connectivity index (χ4v) is 3.59. The summed E-state index contributed by atoms with van der Waals surface area (Å²) in [6.45, 7) is 2.94. The molecule has 0 spiro atoms. The van der Waals surface area contributed by atoms with Crippen LogP contribution in [0.15, 0.2) is 48.5 Å². The van der Waals surface area contributed by atoms with Crippen LogP contribution in [0.3, 0.4) is 0 Å². The molecule has 1 fully saturated rings. The van der Waals surface area contributed by atoms with Crippen molar-refractivity contribution >= 4 is 23.7 Å². The first kappa shape index (κ1) is 23.8. The van der Waals surface area contributed by atoms with Crippen LogP contribution >= 0.6 is 0 Å². The molecule has 33 heavy (non-hydrogen) atoms. The summed E-state index contributed by atoms with van der Waals surface area (Å²) in [6.07, 6.45) is -0.643. The van der Waals surface area contributed by atoms with Crippen molar-refractivity contribution in [2.45, 2.75) is 39.0 Å². The van der Waals surface area contributed by atoms with Gasteiger partial charge in [0.25, 0.3) is 0 Å². The molecule has 0 aliphatic carbocycles. The molecular formula is C24H27N3O6. The van der Waals surface area contributed by atoms with Crippen molar-refractivity contribution in [1.82, 2.24) is 5.32 Å². The Morgan fingerprint density at radius 2 is 1.70 bits per heavy atom. The summed E-state index contributed by atoms with van der Waals surface area (Å²) in [6, 6.07) is 14.7. The van der Waals surface area contributed by atoms with E-state index >= 15 is 0 Å². The van der Waals surface area contributed by atoms with Crippen LogP contribution in [0.5, 0.6) is 5.75 Å². The van der Waals surface area contributed by atoms with E-state index in [1.807, 2.05) is 36.4 Å². The largest absolute Gasteiger partial charge is 0.491 e. The summed E-state index contributed by atoms with van der Waals surface area (Å²) in [5.74, 6) is -1.21. The Kier molecular flexibility index (Phi) is 7.66. The van der Waals surface area contributed by atoms with Crippen LogP contribution in [0, 0.1) is 11.3 Å². The van der Waals surface area contributed by atoms with Crippen molar-refractivity contribution in [2.24, 2.45) is 11.7 Å². The molecule has 174 valence electrons. The van der Waals surface area contributed by atoms with E-state index < -0.39 is 24.1 Å². The number of amides is 1. The molecule has 2 aromatic carbocycles. The van der Waals surface area contributed by atoms with Gasteiger partial charge in [-0.15, -0.1) is 0 Å². The first-order chi connectivity index (χ1) is 15.7. The number of ether oxygens (including phenoxy) is 3. The van der Waals surface area contributed by atoms with Crippen molar-refractivity contribution in [3.8, 4) is 16.9 Å². The van der Waals surface area contributed by atoms with E-state index in [-0.39, 0.29) is 30.8 Å². The third kappa shape index (κ3) is 6.80. The van der Waals surface area contributed by atoms with Crippen LogP contribution in [0.4, 0.5) is 0 Å². The standard InChI is InChI=1S/C24H27N3O6/c1-14(28)32-15(2)33-22(29)12-19-11-20(27-24(19)30)13-31-21-9-7-17(8-10-21)16-3-5-18(6-4-16)23(25)26/h3-10,15,19-20H,11-13H2,1-2H3,(H3,25,26)(H,27,30)/t15?,19-,20-/m0/s1. The Hall–Kier alpha value is -3.88. The molecule has 1 aliphatic rings. The Balaban J connectivity index is 1.47. The van der Waals surface area contributed by atoms with Crippen LogP contribution in [-0.4, -0.2) is 42.6 Å². The summed E-state index contributed by atoms with van der Waals surface area (Å²) in [7, 11) is 0. The zero-order chi connectivity index (χ0) is 24.0. The van der Waals surface area contributed by atoms with Gasteiger partial charge in [-0.05, 0) is 29.7 Å². The van der Waals surface area contributed by atoms with Gasteiger partial charge in [-0.1, -0.05) is 36.4 Å². The van der Waals surface area contributed by atoms with Crippen molar-refractivity contribution in [3.05, 3.63) is 54.1 Å². The van der Waals surface area contributed by atoms with Gasteiger partial charge in [0, 0.05) is 19.4 Å². The number of hydrogen-bond acceptors (Lipinski definition) is 7. The number of nitrogen functional groups attached to an aromatic ring is 1. The second kappa shape index (κ2) is 10.6. The van der Waals surface area contributed by atoms with E-state index in [9.17, 15) is 14.4 Å². The Bertz CT molecular complexity index is 1020. The lowest BCUT2D eigenvalue weighted by molar-refractivity contribution is -0.183. The SMILES string of the molecule is CC(=O)OC(C)OC(=O)C[C@@H]1C[C@@H](COc2ccc(-c3ccc(C(=N)N)cc3)cc2)NC1=O. The highest BCUT2D eigenvalue weighted by Gasteiger charge is 2.34. The highest BCUT2D eigenvalue weighted by molar-refractivity contribution is 5.95. The second-order valence-corrected chi connectivity index (χ2v) is 7.84. The highest BCUT2D eigenvalue weighted by Crippen LogP contribution is 2.24. The smallest absolute Gasteiger partial charge is 0.309 e. The van der Waals surface area contributed by atoms with Gasteiger partial charge in [-0.25, -0.2) is 0 Å². The summed E-state index contributed by atoms with van der Waals surface area (Å²) in [5.41, 5.74) is 8.14. The van der Waals surface area contributed by atoms with Crippen LogP contribution < -0.4 is 15.8 Å². The first-order valence-corrected chi connectivity index (χ1v) is 10.6. The lowest BCUT2D eigenvalue weighted by Crippen LogP contribution is -2.31. The molecule has 0 aromatic heterocycles. The molecule has 1 amide bonds. The Morgan fingerprint density at radius 3 is 2.27 bits per heavy atom. The predicted octanol–water partition coefficient (Wildman–Crippen LogP) is 2.36. The lowest BCUT2D eigenvalue weighted by atomic mass is 10.0. The molecule has 1 unspecified atom stereocenters. The molecular weight excluding hydrogens is 426 g/mol. The highest BCUT2D eigenvalue weighted by atomic mass is 16.7. The quantitative estimate of drug-likeness (QED) is 0.229. The molecule has 1 saturated heterocycles.